The molecule has 2 N–H and O–H groups in total. The molecule has 0 unspecified atom stereocenters. The first kappa shape index (κ1) is 12.4. The van der Waals surface area contributed by atoms with E-state index in [1.165, 1.54) is 12.1 Å². The van der Waals surface area contributed by atoms with Crippen LogP contribution in [-0.4, -0.2) is 20.4 Å². The first-order chi connectivity index (χ1) is 8.37. The number of phenols is 2. The molecule has 0 spiro atoms. The Kier molecular flexibility index (Phi) is 2.98. The minimum atomic E-state index is -0.0824. The maximum atomic E-state index is 9.70. The van der Waals surface area contributed by atoms with Gasteiger partial charge in [-0.05, 0) is 17.5 Å². The van der Waals surface area contributed by atoms with Crippen molar-refractivity contribution in [3.63, 3.8) is 0 Å². The molecule has 0 amide bonds. The van der Waals surface area contributed by atoms with E-state index < -0.39 is 0 Å². The second kappa shape index (κ2) is 4.33. The smallest absolute Gasteiger partial charge is 0.265 e. The van der Waals surface area contributed by atoms with Crippen molar-refractivity contribution in [2.45, 2.75) is 27.2 Å². The fraction of sp³-hybridized carbons (Fsp3) is 0.385. The van der Waals surface area contributed by atoms with Crippen LogP contribution in [0.5, 0.6) is 11.5 Å². The highest BCUT2D eigenvalue weighted by molar-refractivity contribution is 5.69. The molecule has 0 aliphatic carbocycles. The van der Waals surface area contributed by atoms with Gasteiger partial charge in [-0.3, -0.25) is 0 Å². The number of rotatable bonds is 2. The molecule has 0 radical (unpaired) electrons. The Hall–Kier alpha value is -2.04. The normalized spacial score (nSPS) is 11.7. The highest BCUT2D eigenvalue weighted by Gasteiger charge is 2.20. The second-order valence-electron chi connectivity index (χ2n) is 5.42. The van der Waals surface area contributed by atoms with E-state index >= 15 is 0 Å². The third-order valence-electron chi connectivity index (χ3n) is 2.39. The third-order valence-corrected chi connectivity index (χ3v) is 2.39. The van der Waals surface area contributed by atoms with Gasteiger partial charge in [0.15, 0.2) is 5.82 Å². The molecule has 0 aliphatic heterocycles. The molecule has 5 nitrogen and oxygen atoms in total. The maximum Gasteiger partial charge on any atom is 0.265 e. The summed E-state index contributed by atoms with van der Waals surface area (Å²) in [6.45, 7) is 6.21. The van der Waals surface area contributed by atoms with Crippen molar-refractivity contribution in [2.75, 3.05) is 0 Å². The molecule has 0 saturated heterocycles. The number of nitrogens with zero attached hydrogens (tertiary/aromatic N) is 2. The van der Waals surface area contributed by atoms with E-state index in [2.05, 4.69) is 30.9 Å². The predicted octanol–water partition coefficient (Wildman–Crippen LogP) is 2.74. The van der Waals surface area contributed by atoms with Crippen molar-refractivity contribution < 1.29 is 14.7 Å². The molecule has 2 rings (SSSR count). The van der Waals surface area contributed by atoms with Gasteiger partial charge in [0, 0.05) is 6.42 Å². The molecule has 1 aromatic heterocycles. The Morgan fingerprint density at radius 1 is 1.17 bits per heavy atom. The molecule has 1 aromatic carbocycles. The molecule has 0 aliphatic rings. The summed E-state index contributed by atoms with van der Waals surface area (Å²) in [6, 6.07) is 4.46. The summed E-state index contributed by atoms with van der Waals surface area (Å²) in [7, 11) is 0. The molecule has 0 bridgehead atoms. The standard InChI is InChI=1S/C13H16N2O3/c1-13(2,3)7-10-14-12(18-15-10)11-8(16)5-4-6-9(11)17/h4-6,16-17H,7H2,1-3H3. The van der Waals surface area contributed by atoms with Crippen LogP contribution < -0.4 is 0 Å². The van der Waals surface area contributed by atoms with Crippen LogP contribution in [-0.2, 0) is 6.42 Å². The summed E-state index contributed by atoms with van der Waals surface area (Å²) in [5.74, 6) is 0.520. The van der Waals surface area contributed by atoms with Crippen LogP contribution in [0.25, 0.3) is 11.5 Å². The zero-order chi connectivity index (χ0) is 13.3. The molecule has 1 heterocycles. The summed E-state index contributed by atoms with van der Waals surface area (Å²) in [4.78, 5) is 4.19. The molecule has 0 atom stereocenters. The maximum absolute atomic E-state index is 9.70. The Bertz CT molecular complexity index is 535. The summed E-state index contributed by atoms with van der Waals surface area (Å²) < 4.78 is 5.08. The van der Waals surface area contributed by atoms with Crippen LogP contribution in [0.1, 0.15) is 26.6 Å². The van der Waals surface area contributed by atoms with Gasteiger partial charge in [0.05, 0.1) is 0 Å². The van der Waals surface area contributed by atoms with Crippen LogP contribution >= 0.6 is 0 Å². The van der Waals surface area contributed by atoms with Gasteiger partial charge in [0.2, 0.25) is 0 Å². The van der Waals surface area contributed by atoms with Crippen LogP contribution in [0.15, 0.2) is 22.7 Å². The van der Waals surface area contributed by atoms with Crippen LogP contribution in [0.2, 0.25) is 0 Å². The minimum absolute atomic E-state index is 0.0436. The average Bonchev–Trinajstić information content (AvgIpc) is 2.63. The lowest BCUT2D eigenvalue weighted by molar-refractivity contribution is 0.372. The fourth-order valence-electron chi connectivity index (χ4n) is 1.65. The largest absolute Gasteiger partial charge is 0.507 e. The lowest BCUT2D eigenvalue weighted by Crippen LogP contribution is -2.10. The monoisotopic (exact) mass is 248 g/mol. The number of phenolic OH excluding ortho intramolecular Hbond substituents is 2. The summed E-state index contributed by atoms with van der Waals surface area (Å²) in [5.41, 5.74) is 0.215. The van der Waals surface area contributed by atoms with E-state index in [-0.39, 0.29) is 28.4 Å². The molecule has 2 aromatic rings. The Morgan fingerprint density at radius 3 is 2.33 bits per heavy atom. The molecular weight excluding hydrogens is 232 g/mol. The van der Waals surface area contributed by atoms with Crippen LogP contribution in [0.3, 0.4) is 0 Å². The topological polar surface area (TPSA) is 79.4 Å². The van der Waals surface area contributed by atoms with Gasteiger partial charge in [-0.25, -0.2) is 0 Å². The third kappa shape index (κ3) is 2.61. The van der Waals surface area contributed by atoms with Crippen molar-refractivity contribution in [1.82, 2.24) is 10.1 Å². The SMILES string of the molecule is CC(C)(C)Cc1noc(-c2c(O)cccc2O)n1. The highest BCUT2D eigenvalue weighted by atomic mass is 16.5. The number of aromatic hydroxyl groups is 2. The summed E-state index contributed by atoms with van der Waals surface area (Å²) in [5, 5.41) is 23.2. The molecule has 96 valence electrons. The summed E-state index contributed by atoms with van der Waals surface area (Å²) in [6.07, 6.45) is 0.658. The van der Waals surface area contributed by atoms with E-state index in [9.17, 15) is 10.2 Å². The molecule has 18 heavy (non-hydrogen) atoms. The average molecular weight is 248 g/mol. The molecule has 0 saturated carbocycles. The first-order valence-corrected chi connectivity index (χ1v) is 5.71. The molecule has 0 fully saturated rings. The van der Waals surface area contributed by atoms with E-state index in [4.69, 9.17) is 4.52 Å². The lowest BCUT2D eigenvalue weighted by Gasteiger charge is -2.14. The highest BCUT2D eigenvalue weighted by Crippen LogP contribution is 2.35. The fourth-order valence-corrected chi connectivity index (χ4v) is 1.65. The molecular formula is C13H16N2O3. The number of benzene rings is 1. The van der Waals surface area contributed by atoms with Gasteiger partial charge in [0.1, 0.15) is 17.1 Å². The second-order valence-corrected chi connectivity index (χ2v) is 5.42. The van der Waals surface area contributed by atoms with Gasteiger partial charge >= 0.3 is 0 Å². The lowest BCUT2D eigenvalue weighted by atomic mass is 9.92. The van der Waals surface area contributed by atoms with Gasteiger partial charge in [0.25, 0.3) is 5.89 Å². The number of hydrogen-bond acceptors (Lipinski definition) is 5. The zero-order valence-corrected chi connectivity index (χ0v) is 10.6. The first-order valence-electron chi connectivity index (χ1n) is 5.71. The van der Waals surface area contributed by atoms with Gasteiger partial charge in [-0.2, -0.15) is 4.98 Å². The van der Waals surface area contributed by atoms with Crippen molar-refractivity contribution in [3.8, 4) is 23.0 Å². The van der Waals surface area contributed by atoms with Crippen LogP contribution in [0.4, 0.5) is 0 Å². The van der Waals surface area contributed by atoms with Gasteiger partial charge < -0.3 is 14.7 Å². The zero-order valence-electron chi connectivity index (χ0n) is 10.6. The van der Waals surface area contributed by atoms with Gasteiger partial charge in [-0.15, -0.1) is 0 Å². The van der Waals surface area contributed by atoms with Crippen LogP contribution in [0, 0.1) is 5.41 Å². The van der Waals surface area contributed by atoms with Crippen molar-refractivity contribution in [1.29, 1.82) is 0 Å². The van der Waals surface area contributed by atoms with E-state index in [0.717, 1.165) is 0 Å². The van der Waals surface area contributed by atoms with Crippen molar-refractivity contribution >= 4 is 0 Å². The van der Waals surface area contributed by atoms with Crippen molar-refractivity contribution in [2.24, 2.45) is 5.41 Å². The van der Waals surface area contributed by atoms with Gasteiger partial charge in [-0.1, -0.05) is 32.0 Å². The summed E-state index contributed by atoms with van der Waals surface area (Å²) >= 11 is 0. The Morgan fingerprint density at radius 2 is 1.78 bits per heavy atom. The van der Waals surface area contributed by atoms with Crippen molar-refractivity contribution in [3.05, 3.63) is 24.0 Å². The predicted molar refractivity (Wildman–Crippen MR) is 66.2 cm³/mol. The van der Waals surface area contributed by atoms with E-state index in [1.807, 2.05) is 0 Å². The number of aromatic nitrogens is 2. The quantitative estimate of drug-likeness (QED) is 0.854. The van der Waals surface area contributed by atoms with E-state index in [0.29, 0.717) is 12.2 Å². The Labute approximate surface area is 105 Å². The van der Waals surface area contributed by atoms with E-state index in [1.54, 1.807) is 6.07 Å². The number of hydrogen-bond donors (Lipinski definition) is 2. The Balaban J connectivity index is 2.36. The minimum Gasteiger partial charge on any atom is -0.507 e. The molecule has 5 heteroatoms.